The first-order chi connectivity index (χ1) is 12.3. The normalized spacial score (nSPS) is 17.4. The molecule has 130 valence electrons. The van der Waals surface area contributed by atoms with E-state index in [1.54, 1.807) is 18.4 Å². The Bertz CT molecular complexity index is 807. The van der Waals surface area contributed by atoms with E-state index < -0.39 is 0 Å². The molecule has 1 aliphatic rings. The average Bonchev–Trinajstić information content (AvgIpc) is 3.36. The number of furan rings is 2. The lowest BCUT2D eigenvalue weighted by Crippen LogP contribution is -2.38. The summed E-state index contributed by atoms with van der Waals surface area (Å²) in [6.07, 6.45) is 5.83. The van der Waals surface area contributed by atoms with Crippen LogP contribution in [-0.2, 0) is 13.1 Å². The van der Waals surface area contributed by atoms with Crippen LogP contribution < -0.4 is 5.32 Å². The monoisotopic (exact) mass is 340 g/mol. The highest BCUT2D eigenvalue weighted by atomic mass is 16.3. The van der Waals surface area contributed by atoms with E-state index in [1.807, 2.05) is 24.4 Å². The maximum absolute atomic E-state index is 12.0. The molecule has 0 saturated carbocycles. The highest BCUT2D eigenvalue weighted by Gasteiger charge is 2.26. The fraction of sp³-hybridized carbons (Fsp3) is 0.333. The Hall–Kier alpha value is -2.80. The number of hydrogen-bond acceptors (Lipinski definition) is 5. The van der Waals surface area contributed by atoms with Crippen molar-refractivity contribution >= 4 is 5.91 Å². The minimum absolute atomic E-state index is 0.186. The maximum atomic E-state index is 12.0. The lowest BCUT2D eigenvalue weighted by Gasteiger charge is -2.33. The molecule has 7 nitrogen and oxygen atoms in total. The van der Waals surface area contributed by atoms with Crippen LogP contribution in [0.15, 0.2) is 57.9 Å². The quantitative estimate of drug-likeness (QED) is 0.746. The summed E-state index contributed by atoms with van der Waals surface area (Å²) in [5.41, 5.74) is 1.18. The number of aromatic nitrogens is 2. The first kappa shape index (κ1) is 15.7. The second-order valence-corrected chi connectivity index (χ2v) is 6.19. The third kappa shape index (κ3) is 3.51. The molecule has 4 heterocycles. The molecule has 0 fully saturated rings. The molecule has 0 aromatic carbocycles. The molecule has 4 rings (SSSR count). The van der Waals surface area contributed by atoms with Gasteiger partial charge in [-0.05, 0) is 36.8 Å². The Morgan fingerprint density at radius 1 is 1.24 bits per heavy atom. The number of nitrogens with one attached hydrogen (secondary N) is 1. The van der Waals surface area contributed by atoms with Gasteiger partial charge in [0, 0.05) is 25.8 Å². The highest BCUT2D eigenvalue weighted by molar-refractivity contribution is 5.91. The SMILES string of the molecule is O=C(NCCC1CN(Cc2ccco2)Cc2ccnn21)c1ccco1. The van der Waals surface area contributed by atoms with Gasteiger partial charge in [0.1, 0.15) is 5.76 Å². The molecular formula is C18H20N4O3. The van der Waals surface area contributed by atoms with Gasteiger partial charge in [0.15, 0.2) is 5.76 Å². The smallest absolute Gasteiger partial charge is 0.286 e. The molecular weight excluding hydrogens is 320 g/mol. The first-order valence-corrected chi connectivity index (χ1v) is 8.38. The van der Waals surface area contributed by atoms with Crippen LogP contribution in [0.3, 0.4) is 0 Å². The van der Waals surface area contributed by atoms with Gasteiger partial charge in [0.2, 0.25) is 0 Å². The van der Waals surface area contributed by atoms with Crippen LogP contribution >= 0.6 is 0 Å². The van der Waals surface area contributed by atoms with Gasteiger partial charge in [-0.3, -0.25) is 14.4 Å². The lowest BCUT2D eigenvalue weighted by atomic mass is 10.1. The standard InChI is InChI=1S/C18H20N4O3/c23-18(17-4-2-10-25-17)19-7-5-14-11-21(13-16-3-1-9-24-16)12-15-6-8-20-22(14)15/h1-4,6,8-10,14H,5,7,11-13H2,(H,19,23). The number of fused-ring (bicyclic) bond motifs is 1. The second kappa shape index (κ2) is 6.98. The first-order valence-electron chi connectivity index (χ1n) is 8.38. The predicted molar refractivity (Wildman–Crippen MR) is 89.7 cm³/mol. The predicted octanol–water partition coefficient (Wildman–Crippen LogP) is 2.45. The number of carbonyl (C=O) groups excluding carboxylic acids is 1. The summed E-state index contributed by atoms with van der Waals surface area (Å²) in [6.45, 7) is 3.05. The fourth-order valence-electron chi connectivity index (χ4n) is 3.27. The number of rotatable bonds is 6. The molecule has 1 aliphatic heterocycles. The largest absolute Gasteiger partial charge is 0.468 e. The van der Waals surface area contributed by atoms with E-state index in [1.165, 1.54) is 12.0 Å². The molecule has 0 bridgehead atoms. The fourth-order valence-corrected chi connectivity index (χ4v) is 3.27. The van der Waals surface area contributed by atoms with Crippen molar-refractivity contribution in [2.24, 2.45) is 0 Å². The van der Waals surface area contributed by atoms with Gasteiger partial charge in [-0.1, -0.05) is 0 Å². The minimum Gasteiger partial charge on any atom is -0.468 e. The van der Waals surface area contributed by atoms with Gasteiger partial charge in [0.05, 0.1) is 30.8 Å². The molecule has 1 N–H and O–H groups in total. The van der Waals surface area contributed by atoms with Crippen LogP contribution in [0.25, 0.3) is 0 Å². The maximum Gasteiger partial charge on any atom is 0.286 e. The Balaban J connectivity index is 1.37. The second-order valence-electron chi connectivity index (χ2n) is 6.19. The van der Waals surface area contributed by atoms with Crippen molar-refractivity contribution in [3.8, 4) is 0 Å². The van der Waals surface area contributed by atoms with E-state index in [0.29, 0.717) is 12.3 Å². The molecule has 0 aliphatic carbocycles. The van der Waals surface area contributed by atoms with Gasteiger partial charge in [-0.15, -0.1) is 0 Å². The van der Waals surface area contributed by atoms with E-state index in [2.05, 4.69) is 20.0 Å². The summed E-state index contributed by atoms with van der Waals surface area (Å²) in [5.74, 6) is 1.11. The van der Waals surface area contributed by atoms with Crippen molar-refractivity contribution in [3.05, 3.63) is 66.3 Å². The van der Waals surface area contributed by atoms with E-state index in [-0.39, 0.29) is 11.9 Å². The third-order valence-electron chi connectivity index (χ3n) is 4.42. The van der Waals surface area contributed by atoms with Crippen LogP contribution in [0.4, 0.5) is 0 Å². The Morgan fingerprint density at radius 3 is 2.92 bits per heavy atom. The number of nitrogens with zero attached hydrogens (tertiary/aromatic N) is 3. The molecule has 1 unspecified atom stereocenters. The summed E-state index contributed by atoms with van der Waals surface area (Å²) in [7, 11) is 0. The van der Waals surface area contributed by atoms with Crippen LogP contribution in [0.1, 0.15) is 34.5 Å². The highest BCUT2D eigenvalue weighted by Crippen LogP contribution is 2.24. The summed E-state index contributed by atoms with van der Waals surface area (Å²) in [4.78, 5) is 14.3. The van der Waals surface area contributed by atoms with Crippen molar-refractivity contribution in [2.75, 3.05) is 13.1 Å². The van der Waals surface area contributed by atoms with E-state index >= 15 is 0 Å². The topological polar surface area (TPSA) is 76.4 Å². The van der Waals surface area contributed by atoms with E-state index in [4.69, 9.17) is 8.83 Å². The average molecular weight is 340 g/mol. The lowest BCUT2D eigenvalue weighted by molar-refractivity contribution is 0.0919. The number of carbonyl (C=O) groups is 1. The zero-order valence-corrected chi connectivity index (χ0v) is 13.8. The molecule has 0 radical (unpaired) electrons. The Kier molecular flexibility index (Phi) is 4.39. The summed E-state index contributed by atoms with van der Waals surface area (Å²) >= 11 is 0. The molecule has 7 heteroatoms. The zero-order valence-electron chi connectivity index (χ0n) is 13.8. The van der Waals surface area contributed by atoms with Gasteiger partial charge in [-0.25, -0.2) is 0 Å². The van der Waals surface area contributed by atoms with E-state index in [0.717, 1.165) is 31.8 Å². The van der Waals surface area contributed by atoms with Gasteiger partial charge < -0.3 is 14.2 Å². The Morgan fingerprint density at radius 2 is 2.12 bits per heavy atom. The van der Waals surface area contributed by atoms with Crippen molar-refractivity contribution in [1.29, 1.82) is 0 Å². The van der Waals surface area contributed by atoms with Crippen LogP contribution in [0.5, 0.6) is 0 Å². The zero-order chi connectivity index (χ0) is 17.1. The molecule has 3 aromatic heterocycles. The van der Waals surface area contributed by atoms with Gasteiger partial charge in [0.25, 0.3) is 5.91 Å². The molecule has 1 amide bonds. The summed E-state index contributed by atoms with van der Waals surface area (Å²) in [5, 5.41) is 7.36. The minimum atomic E-state index is -0.186. The van der Waals surface area contributed by atoms with Crippen molar-refractivity contribution in [2.45, 2.75) is 25.6 Å². The molecule has 0 saturated heterocycles. The molecule has 0 spiro atoms. The van der Waals surface area contributed by atoms with Gasteiger partial charge >= 0.3 is 0 Å². The summed E-state index contributed by atoms with van der Waals surface area (Å²) < 4.78 is 12.6. The third-order valence-corrected chi connectivity index (χ3v) is 4.42. The van der Waals surface area contributed by atoms with Crippen LogP contribution in [-0.4, -0.2) is 33.7 Å². The van der Waals surface area contributed by atoms with Crippen molar-refractivity contribution < 1.29 is 13.6 Å². The van der Waals surface area contributed by atoms with Crippen LogP contribution in [0, 0.1) is 0 Å². The van der Waals surface area contributed by atoms with Crippen molar-refractivity contribution in [1.82, 2.24) is 20.0 Å². The van der Waals surface area contributed by atoms with Crippen molar-refractivity contribution in [3.63, 3.8) is 0 Å². The molecule has 1 atom stereocenters. The molecule has 3 aromatic rings. The van der Waals surface area contributed by atoms with E-state index in [9.17, 15) is 4.79 Å². The summed E-state index contributed by atoms with van der Waals surface area (Å²) in [6, 6.07) is 9.52. The Labute approximate surface area is 145 Å². The van der Waals surface area contributed by atoms with Crippen LogP contribution in [0.2, 0.25) is 0 Å². The van der Waals surface area contributed by atoms with Gasteiger partial charge in [-0.2, -0.15) is 5.10 Å². The number of hydrogen-bond donors (Lipinski definition) is 1. The number of amides is 1. The molecule has 25 heavy (non-hydrogen) atoms.